The van der Waals surface area contributed by atoms with Gasteiger partial charge in [0, 0.05) is 4.47 Å². The van der Waals surface area contributed by atoms with Gasteiger partial charge < -0.3 is 0 Å². The van der Waals surface area contributed by atoms with E-state index in [1.807, 2.05) is 31.2 Å². The number of rotatable bonds is 4. The van der Waals surface area contributed by atoms with Gasteiger partial charge in [0.05, 0.1) is 11.5 Å². The SMILES string of the molecule is CCc1nn(Cc2ccc(Br)cc2)c(Cl)c1[N+](=O)[O-]. The van der Waals surface area contributed by atoms with Gasteiger partial charge in [0.1, 0.15) is 5.69 Å². The third-order valence-electron chi connectivity index (χ3n) is 2.70. The molecule has 5 nitrogen and oxygen atoms in total. The zero-order chi connectivity index (χ0) is 14.0. The summed E-state index contributed by atoms with van der Waals surface area (Å²) in [6, 6.07) is 7.64. The minimum absolute atomic E-state index is 0.0739. The van der Waals surface area contributed by atoms with Crippen LogP contribution in [0.25, 0.3) is 0 Å². The van der Waals surface area contributed by atoms with E-state index >= 15 is 0 Å². The third-order valence-corrected chi connectivity index (χ3v) is 3.60. The Balaban J connectivity index is 2.35. The molecule has 1 aromatic carbocycles. The molecule has 100 valence electrons. The van der Waals surface area contributed by atoms with Gasteiger partial charge in [-0.1, -0.05) is 46.6 Å². The Morgan fingerprint density at radius 2 is 2.05 bits per heavy atom. The van der Waals surface area contributed by atoms with E-state index < -0.39 is 4.92 Å². The van der Waals surface area contributed by atoms with E-state index in [0.29, 0.717) is 18.7 Å². The predicted molar refractivity (Wildman–Crippen MR) is 76.5 cm³/mol. The van der Waals surface area contributed by atoms with Crippen molar-refractivity contribution < 1.29 is 4.92 Å². The van der Waals surface area contributed by atoms with Gasteiger partial charge in [-0.25, -0.2) is 4.68 Å². The number of hydrogen-bond donors (Lipinski definition) is 0. The van der Waals surface area contributed by atoms with Gasteiger partial charge in [-0.2, -0.15) is 5.10 Å². The number of aryl methyl sites for hydroxylation is 1. The number of halogens is 2. The van der Waals surface area contributed by atoms with Crippen LogP contribution >= 0.6 is 27.5 Å². The second-order valence-corrected chi connectivity index (χ2v) is 5.25. The Labute approximate surface area is 123 Å². The highest BCUT2D eigenvalue weighted by molar-refractivity contribution is 9.10. The zero-order valence-corrected chi connectivity index (χ0v) is 12.5. The summed E-state index contributed by atoms with van der Waals surface area (Å²) in [5.74, 6) is 0. The first-order valence-electron chi connectivity index (χ1n) is 5.67. The Hall–Kier alpha value is -1.40. The standard InChI is InChI=1S/C12H11BrClN3O2/c1-2-10-11(17(18)19)12(14)16(15-10)7-8-3-5-9(13)6-4-8/h3-6H,2,7H2,1H3. The van der Waals surface area contributed by atoms with Crippen molar-refractivity contribution in [3.63, 3.8) is 0 Å². The average Bonchev–Trinajstić information content (AvgIpc) is 2.69. The first kappa shape index (κ1) is 14.0. The summed E-state index contributed by atoms with van der Waals surface area (Å²) in [4.78, 5) is 10.5. The molecule has 0 fully saturated rings. The van der Waals surface area contributed by atoms with E-state index in [9.17, 15) is 10.1 Å². The molecule has 0 aliphatic carbocycles. The maximum Gasteiger partial charge on any atom is 0.329 e. The fourth-order valence-electron chi connectivity index (χ4n) is 1.76. The van der Waals surface area contributed by atoms with E-state index in [0.717, 1.165) is 10.0 Å². The topological polar surface area (TPSA) is 61.0 Å². The summed E-state index contributed by atoms with van der Waals surface area (Å²) in [7, 11) is 0. The molecule has 1 heterocycles. The highest BCUT2D eigenvalue weighted by atomic mass is 79.9. The maximum absolute atomic E-state index is 11.0. The second-order valence-electron chi connectivity index (χ2n) is 3.98. The van der Waals surface area contributed by atoms with Crippen LogP contribution in [0.1, 0.15) is 18.2 Å². The maximum atomic E-state index is 11.0. The van der Waals surface area contributed by atoms with Crippen LogP contribution in [-0.4, -0.2) is 14.7 Å². The Bertz CT molecular complexity index is 610. The van der Waals surface area contributed by atoms with Crippen LogP contribution < -0.4 is 0 Å². The highest BCUT2D eigenvalue weighted by Crippen LogP contribution is 2.29. The van der Waals surface area contributed by atoms with E-state index in [2.05, 4.69) is 21.0 Å². The van der Waals surface area contributed by atoms with Crippen molar-refractivity contribution >= 4 is 33.2 Å². The Morgan fingerprint density at radius 3 is 2.53 bits per heavy atom. The number of nitrogens with zero attached hydrogens (tertiary/aromatic N) is 3. The average molecular weight is 345 g/mol. The van der Waals surface area contributed by atoms with Crippen LogP contribution in [0.15, 0.2) is 28.7 Å². The van der Waals surface area contributed by atoms with Crippen LogP contribution in [0.3, 0.4) is 0 Å². The van der Waals surface area contributed by atoms with Crippen molar-refractivity contribution in [3.05, 3.63) is 55.3 Å². The molecule has 0 saturated carbocycles. The van der Waals surface area contributed by atoms with Gasteiger partial charge in [-0.3, -0.25) is 10.1 Å². The van der Waals surface area contributed by atoms with Crippen molar-refractivity contribution in [2.75, 3.05) is 0 Å². The van der Waals surface area contributed by atoms with Gasteiger partial charge in [-0.15, -0.1) is 0 Å². The lowest BCUT2D eigenvalue weighted by Crippen LogP contribution is -2.02. The lowest BCUT2D eigenvalue weighted by Gasteiger charge is -2.02. The van der Waals surface area contributed by atoms with Crippen molar-refractivity contribution in [2.45, 2.75) is 19.9 Å². The van der Waals surface area contributed by atoms with Crippen LogP contribution in [-0.2, 0) is 13.0 Å². The summed E-state index contributed by atoms with van der Waals surface area (Å²) in [6.45, 7) is 2.22. The molecule has 0 radical (unpaired) electrons. The quantitative estimate of drug-likeness (QED) is 0.626. The van der Waals surface area contributed by atoms with Gasteiger partial charge in [0.2, 0.25) is 5.15 Å². The van der Waals surface area contributed by atoms with Crippen molar-refractivity contribution in [3.8, 4) is 0 Å². The van der Waals surface area contributed by atoms with Crippen LogP contribution in [0.2, 0.25) is 5.15 Å². The molecule has 1 aromatic heterocycles. The Kier molecular flexibility index (Phi) is 4.21. The molecule has 0 unspecified atom stereocenters. The summed E-state index contributed by atoms with van der Waals surface area (Å²) in [5, 5.41) is 15.2. The summed E-state index contributed by atoms with van der Waals surface area (Å²) < 4.78 is 2.44. The van der Waals surface area contributed by atoms with Gasteiger partial charge in [-0.05, 0) is 24.1 Å². The van der Waals surface area contributed by atoms with Crippen molar-refractivity contribution in [1.82, 2.24) is 9.78 Å². The molecular formula is C12H11BrClN3O2. The molecule has 2 rings (SSSR count). The zero-order valence-electron chi connectivity index (χ0n) is 10.1. The number of aromatic nitrogens is 2. The molecule has 0 atom stereocenters. The molecule has 0 aliphatic heterocycles. The molecule has 0 spiro atoms. The van der Waals surface area contributed by atoms with Gasteiger partial charge in [0.15, 0.2) is 0 Å². The highest BCUT2D eigenvalue weighted by Gasteiger charge is 2.25. The van der Waals surface area contributed by atoms with E-state index in [1.54, 1.807) is 0 Å². The van der Waals surface area contributed by atoms with Crippen LogP contribution in [0, 0.1) is 10.1 Å². The monoisotopic (exact) mass is 343 g/mol. The Morgan fingerprint density at radius 1 is 1.42 bits per heavy atom. The minimum atomic E-state index is -0.480. The molecule has 7 heteroatoms. The molecule has 0 bridgehead atoms. The first-order chi connectivity index (χ1) is 9.02. The summed E-state index contributed by atoms with van der Waals surface area (Å²) in [6.07, 6.45) is 0.476. The van der Waals surface area contributed by atoms with Gasteiger partial charge in [0.25, 0.3) is 0 Å². The molecule has 19 heavy (non-hydrogen) atoms. The lowest BCUT2D eigenvalue weighted by atomic mass is 10.2. The predicted octanol–water partition coefficient (Wildman–Crippen LogP) is 3.82. The fraction of sp³-hybridized carbons (Fsp3) is 0.250. The molecule has 0 aliphatic rings. The number of nitro groups is 1. The minimum Gasteiger partial charge on any atom is -0.258 e. The molecule has 2 aromatic rings. The van der Waals surface area contributed by atoms with E-state index in [-0.39, 0.29) is 10.8 Å². The normalized spacial score (nSPS) is 10.7. The molecule has 0 N–H and O–H groups in total. The second kappa shape index (κ2) is 5.71. The molecule has 0 saturated heterocycles. The number of hydrogen-bond acceptors (Lipinski definition) is 3. The number of benzene rings is 1. The van der Waals surface area contributed by atoms with Crippen molar-refractivity contribution in [1.29, 1.82) is 0 Å². The first-order valence-corrected chi connectivity index (χ1v) is 6.84. The van der Waals surface area contributed by atoms with Crippen LogP contribution in [0.5, 0.6) is 0 Å². The lowest BCUT2D eigenvalue weighted by molar-refractivity contribution is -0.385. The largest absolute Gasteiger partial charge is 0.329 e. The van der Waals surface area contributed by atoms with Gasteiger partial charge >= 0.3 is 5.69 Å². The third kappa shape index (κ3) is 2.96. The molecular weight excluding hydrogens is 334 g/mol. The van der Waals surface area contributed by atoms with E-state index in [4.69, 9.17) is 11.6 Å². The van der Waals surface area contributed by atoms with E-state index in [1.165, 1.54) is 4.68 Å². The van der Waals surface area contributed by atoms with Crippen LogP contribution in [0.4, 0.5) is 5.69 Å². The smallest absolute Gasteiger partial charge is 0.258 e. The van der Waals surface area contributed by atoms with Crippen molar-refractivity contribution in [2.24, 2.45) is 0 Å². The fourth-order valence-corrected chi connectivity index (χ4v) is 2.30. The summed E-state index contributed by atoms with van der Waals surface area (Å²) >= 11 is 9.39. The summed E-state index contributed by atoms with van der Waals surface area (Å²) in [5.41, 5.74) is 1.29. The molecule has 0 amide bonds.